The van der Waals surface area contributed by atoms with Gasteiger partial charge in [0.05, 0.1) is 19.7 Å². The fourth-order valence-corrected chi connectivity index (χ4v) is 3.92. The van der Waals surface area contributed by atoms with Gasteiger partial charge in [-0.15, -0.1) is 0 Å². The molecule has 260 valence electrons. The lowest BCUT2D eigenvalue weighted by Crippen LogP contribution is -2.58. The van der Waals surface area contributed by atoms with Gasteiger partial charge in [-0.2, -0.15) is 0 Å². The zero-order valence-corrected chi connectivity index (χ0v) is 25.4. The number of aromatic hydroxyl groups is 1. The van der Waals surface area contributed by atoms with Gasteiger partial charge in [0.15, 0.2) is 5.96 Å². The van der Waals surface area contributed by atoms with Gasteiger partial charge in [-0.05, 0) is 37.0 Å². The molecule has 0 radical (unpaired) electrons. The molecular formula is C27H42N10O10. The van der Waals surface area contributed by atoms with Crippen molar-refractivity contribution in [2.24, 2.45) is 27.9 Å². The Labute approximate surface area is 269 Å². The average Bonchev–Trinajstić information content (AvgIpc) is 3.01. The summed E-state index contributed by atoms with van der Waals surface area (Å²) in [6, 6.07) is -0.171. The van der Waals surface area contributed by atoms with Crippen molar-refractivity contribution < 1.29 is 48.9 Å². The first-order valence-corrected chi connectivity index (χ1v) is 14.3. The van der Waals surface area contributed by atoms with Crippen LogP contribution in [0.5, 0.6) is 5.75 Å². The number of carboxylic acid groups (broad SMARTS) is 1. The van der Waals surface area contributed by atoms with Crippen LogP contribution >= 0.6 is 0 Å². The number of rotatable bonds is 21. The molecule has 4 atom stereocenters. The third-order valence-corrected chi connectivity index (χ3v) is 6.34. The zero-order valence-electron chi connectivity index (χ0n) is 25.4. The van der Waals surface area contributed by atoms with Crippen LogP contribution in [0.1, 0.15) is 31.2 Å². The molecule has 0 aromatic heterocycles. The third kappa shape index (κ3) is 15.9. The van der Waals surface area contributed by atoms with Gasteiger partial charge >= 0.3 is 5.97 Å². The molecule has 47 heavy (non-hydrogen) atoms. The summed E-state index contributed by atoms with van der Waals surface area (Å²) in [5.74, 6) is -6.85. The molecular weight excluding hydrogens is 624 g/mol. The van der Waals surface area contributed by atoms with E-state index < -0.39 is 85.3 Å². The lowest BCUT2D eigenvalue weighted by atomic mass is 10.1. The molecule has 0 saturated carbocycles. The van der Waals surface area contributed by atoms with Crippen LogP contribution in [0.25, 0.3) is 0 Å². The maximum atomic E-state index is 13.0. The summed E-state index contributed by atoms with van der Waals surface area (Å²) in [7, 11) is 0. The second kappa shape index (κ2) is 20.5. The summed E-state index contributed by atoms with van der Waals surface area (Å²) < 4.78 is 0. The number of aliphatic hydroxyl groups excluding tert-OH is 1. The standard InChI is InChI=1S/C27H42N10O10/c28-11-21(41)34-16(2-1-9-32-27(30)31)23(43)33-12-22(42)35-17(7-8-20(29)40)24(44)37-19(13-38)25(45)36-18(26(46)47)10-14-3-5-15(39)6-4-14/h3-6,16-19,38-39H,1-2,7-13,28H2,(H2,29,40)(H,33,43)(H,34,41)(H,35,42)(H,36,45)(H,37,44)(H,46,47)(H4,30,31,32). The summed E-state index contributed by atoms with van der Waals surface area (Å²) in [5.41, 5.74) is 21.5. The molecule has 0 saturated heterocycles. The maximum absolute atomic E-state index is 13.0. The predicted molar refractivity (Wildman–Crippen MR) is 165 cm³/mol. The summed E-state index contributed by atoms with van der Waals surface area (Å²) in [5, 5.41) is 40.1. The number of phenols is 1. The van der Waals surface area contributed by atoms with Crippen LogP contribution in [0.4, 0.5) is 0 Å². The number of hydrogen-bond acceptors (Lipinski definition) is 11. The van der Waals surface area contributed by atoms with Crippen LogP contribution in [0, 0.1) is 0 Å². The van der Waals surface area contributed by atoms with Gasteiger partial charge in [0, 0.05) is 19.4 Å². The number of primary amides is 1. The molecule has 0 aliphatic heterocycles. The summed E-state index contributed by atoms with van der Waals surface area (Å²) in [6.45, 7) is -1.89. The number of nitrogens with one attached hydrogen (secondary N) is 5. The van der Waals surface area contributed by atoms with Crippen LogP contribution in [-0.4, -0.2) is 113 Å². The lowest BCUT2D eigenvalue weighted by Gasteiger charge is -2.23. The minimum absolute atomic E-state index is 0.0516. The van der Waals surface area contributed by atoms with Crippen LogP contribution in [0.2, 0.25) is 0 Å². The van der Waals surface area contributed by atoms with Crippen LogP contribution in [-0.2, 0) is 40.0 Å². The largest absolute Gasteiger partial charge is 0.508 e. The number of amides is 6. The van der Waals surface area contributed by atoms with Gasteiger partial charge in [0.2, 0.25) is 35.4 Å². The Kier molecular flexibility index (Phi) is 17.3. The van der Waals surface area contributed by atoms with Gasteiger partial charge in [-0.3, -0.25) is 33.8 Å². The fraction of sp³-hybridized carbons (Fsp3) is 0.481. The van der Waals surface area contributed by atoms with E-state index >= 15 is 0 Å². The predicted octanol–water partition coefficient (Wildman–Crippen LogP) is -5.66. The third-order valence-electron chi connectivity index (χ3n) is 6.34. The number of guanidine groups is 1. The molecule has 0 heterocycles. The van der Waals surface area contributed by atoms with E-state index in [1.54, 1.807) is 0 Å². The van der Waals surface area contributed by atoms with Crippen molar-refractivity contribution in [2.45, 2.75) is 56.3 Å². The first-order chi connectivity index (χ1) is 22.2. The highest BCUT2D eigenvalue weighted by Gasteiger charge is 2.30. The summed E-state index contributed by atoms with van der Waals surface area (Å²) in [4.78, 5) is 89.8. The van der Waals surface area contributed by atoms with Crippen molar-refractivity contribution in [1.29, 1.82) is 0 Å². The van der Waals surface area contributed by atoms with E-state index in [1.165, 1.54) is 24.3 Å². The minimum Gasteiger partial charge on any atom is -0.508 e. The van der Waals surface area contributed by atoms with Crippen LogP contribution < -0.4 is 49.5 Å². The van der Waals surface area contributed by atoms with Gasteiger partial charge < -0.3 is 64.8 Å². The van der Waals surface area contributed by atoms with E-state index in [0.29, 0.717) is 5.56 Å². The molecule has 1 rings (SSSR count). The zero-order chi connectivity index (χ0) is 35.5. The molecule has 0 aliphatic rings. The number of carbonyl (C=O) groups is 7. The van der Waals surface area contributed by atoms with Crippen molar-refractivity contribution in [3.05, 3.63) is 29.8 Å². The summed E-state index contributed by atoms with van der Waals surface area (Å²) in [6.07, 6.45) is -0.534. The molecule has 1 aromatic carbocycles. The molecule has 0 spiro atoms. The number of nitrogens with two attached hydrogens (primary N) is 4. The highest BCUT2D eigenvalue weighted by Crippen LogP contribution is 2.11. The molecule has 1 aromatic rings. The quantitative estimate of drug-likeness (QED) is 0.0331. The lowest BCUT2D eigenvalue weighted by molar-refractivity contribution is -0.142. The van der Waals surface area contributed by atoms with E-state index in [0.717, 1.165) is 0 Å². The van der Waals surface area contributed by atoms with Crippen molar-refractivity contribution >= 4 is 47.4 Å². The van der Waals surface area contributed by atoms with Crippen molar-refractivity contribution in [1.82, 2.24) is 26.6 Å². The number of aliphatic imine (C=N–C) groups is 1. The Morgan fingerprint density at radius 1 is 0.766 bits per heavy atom. The Balaban J connectivity index is 2.89. The molecule has 6 amide bonds. The highest BCUT2D eigenvalue weighted by molar-refractivity contribution is 5.95. The van der Waals surface area contributed by atoms with E-state index in [4.69, 9.17) is 22.9 Å². The second-order valence-electron chi connectivity index (χ2n) is 10.1. The Morgan fingerprint density at radius 3 is 1.89 bits per heavy atom. The normalized spacial score (nSPS) is 13.1. The van der Waals surface area contributed by atoms with Gasteiger partial charge in [-0.25, -0.2) is 4.79 Å². The Morgan fingerprint density at radius 2 is 1.34 bits per heavy atom. The average molecular weight is 667 g/mol. The number of hydrogen-bond donors (Lipinski definition) is 12. The SMILES string of the molecule is NCC(=O)NC(CCCN=C(N)N)C(=O)NCC(=O)NC(CCC(N)=O)C(=O)NC(CO)C(=O)NC(Cc1ccc(O)cc1)C(=O)O. The number of benzene rings is 1. The first kappa shape index (κ1) is 39.5. The van der Waals surface area contributed by atoms with Gasteiger partial charge in [0.25, 0.3) is 0 Å². The highest BCUT2D eigenvalue weighted by atomic mass is 16.4. The summed E-state index contributed by atoms with van der Waals surface area (Å²) >= 11 is 0. The topological polar surface area (TPSA) is 357 Å². The maximum Gasteiger partial charge on any atom is 0.326 e. The molecule has 20 heteroatoms. The van der Waals surface area contributed by atoms with Crippen molar-refractivity contribution in [3.63, 3.8) is 0 Å². The number of phenolic OH excluding ortho intramolecular Hbond substituents is 1. The Bertz CT molecular complexity index is 1290. The molecule has 4 unspecified atom stereocenters. The van der Waals surface area contributed by atoms with Gasteiger partial charge in [0.1, 0.15) is 29.9 Å². The number of aliphatic hydroxyl groups is 1. The Hall–Kier alpha value is -5.50. The van der Waals surface area contributed by atoms with Crippen molar-refractivity contribution in [2.75, 3.05) is 26.2 Å². The molecule has 0 bridgehead atoms. The molecule has 0 aliphatic carbocycles. The molecule has 16 N–H and O–H groups in total. The van der Waals surface area contributed by atoms with E-state index in [9.17, 15) is 48.9 Å². The van der Waals surface area contributed by atoms with Crippen molar-refractivity contribution in [3.8, 4) is 5.75 Å². The second-order valence-corrected chi connectivity index (χ2v) is 10.1. The minimum atomic E-state index is -1.66. The molecule has 20 nitrogen and oxygen atoms in total. The number of carbonyl (C=O) groups excluding carboxylic acids is 6. The molecule has 0 fully saturated rings. The van der Waals surface area contributed by atoms with E-state index in [-0.39, 0.29) is 50.4 Å². The first-order valence-electron chi connectivity index (χ1n) is 14.3. The van der Waals surface area contributed by atoms with Crippen LogP contribution in [0.15, 0.2) is 29.3 Å². The van der Waals surface area contributed by atoms with Crippen LogP contribution in [0.3, 0.4) is 0 Å². The number of aliphatic carboxylic acids is 1. The van der Waals surface area contributed by atoms with Gasteiger partial charge in [-0.1, -0.05) is 12.1 Å². The fourth-order valence-electron chi connectivity index (χ4n) is 3.92. The smallest absolute Gasteiger partial charge is 0.326 e. The van der Waals surface area contributed by atoms with E-state index in [1.807, 2.05) is 0 Å². The number of carboxylic acids is 1. The monoisotopic (exact) mass is 666 g/mol. The number of nitrogens with zero attached hydrogens (tertiary/aromatic N) is 1. The van der Waals surface area contributed by atoms with E-state index in [2.05, 4.69) is 31.6 Å².